The van der Waals surface area contributed by atoms with Crippen LogP contribution in [0.4, 0.5) is 0 Å². The summed E-state index contributed by atoms with van der Waals surface area (Å²) in [6, 6.07) is 0. The summed E-state index contributed by atoms with van der Waals surface area (Å²) in [5, 5.41) is 0. The van der Waals surface area contributed by atoms with Gasteiger partial charge in [0.05, 0.1) is 6.54 Å². The Kier molecular flexibility index (Phi) is 13.5. The fraction of sp³-hybridized carbons (Fsp3) is 0.850. The van der Waals surface area contributed by atoms with Crippen LogP contribution in [0.2, 0.25) is 0 Å². The van der Waals surface area contributed by atoms with Crippen LogP contribution in [-0.2, 0) is 12.4 Å². The highest BCUT2D eigenvalue weighted by Gasteiger charge is 2.03. The molecule has 0 atom stereocenters. The molecule has 1 rings (SSSR count). The van der Waals surface area contributed by atoms with Gasteiger partial charge in [-0.1, -0.05) is 71.6 Å². The quantitative estimate of drug-likeness (QED) is 0.258. The Labute approximate surface area is 149 Å². The average molecular weight is 340 g/mol. The third-order valence-electron chi connectivity index (χ3n) is 4.40. The molecular formula is C20H39N2S+. The first-order valence-corrected chi connectivity index (χ1v) is 11.1. The molecule has 1 aromatic rings. The molecule has 0 aromatic carbocycles. The highest BCUT2D eigenvalue weighted by molar-refractivity contribution is 7.98. The molecule has 0 fully saturated rings. The normalized spacial score (nSPS) is 11.2. The van der Waals surface area contributed by atoms with E-state index in [1.165, 1.54) is 89.3 Å². The van der Waals surface area contributed by atoms with Gasteiger partial charge in [-0.2, -0.15) is 0 Å². The Morgan fingerprint density at radius 1 is 0.783 bits per heavy atom. The zero-order valence-corrected chi connectivity index (χ0v) is 16.5. The van der Waals surface area contributed by atoms with Crippen LogP contribution < -0.4 is 4.57 Å². The molecular weight excluding hydrogens is 300 g/mol. The number of rotatable bonds is 16. The second-order valence-corrected chi connectivity index (χ2v) is 7.81. The molecule has 0 saturated heterocycles. The molecule has 1 aromatic heterocycles. The fourth-order valence-corrected chi connectivity index (χ4v) is 3.78. The van der Waals surface area contributed by atoms with E-state index in [1.807, 2.05) is 0 Å². The third kappa shape index (κ3) is 11.7. The minimum absolute atomic E-state index is 1.11. The summed E-state index contributed by atoms with van der Waals surface area (Å²) in [6.07, 6.45) is 23.4. The van der Waals surface area contributed by atoms with Crippen molar-refractivity contribution < 1.29 is 4.57 Å². The molecule has 0 radical (unpaired) electrons. The van der Waals surface area contributed by atoms with E-state index in [0.29, 0.717) is 0 Å². The first-order valence-electron chi connectivity index (χ1n) is 9.99. The summed E-state index contributed by atoms with van der Waals surface area (Å²) in [5.41, 5.74) is 0. The van der Waals surface area contributed by atoms with Gasteiger partial charge in [0, 0.05) is 0 Å². The lowest BCUT2D eigenvalue weighted by molar-refractivity contribution is -0.675. The summed E-state index contributed by atoms with van der Waals surface area (Å²) in [4.78, 5) is 0. The second kappa shape index (κ2) is 15.1. The largest absolute Gasteiger partial charge is 0.244 e. The summed E-state index contributed by atoms with van der Waals surface area (Å²) >= 11 is 2.07. The van der Waals surface area contributed by atoms with Crippen molar-refractivity contribution in [3.8, 4) is 0 Å². The smallest absolute Gasteiger partial charge is 0.237 e. The molecule has 0 unspecified atom stereocenters. The van der Waals surface area contributed by atoms with E-state index >= 15 is 0 Å². The van der Waals surface area contributed by atoms with Crippen LogP contribution in [-0.4, -0.2) is 10.3 Å². The third-order valence-corrected chi connectivity index (χ3v) is 5.46. The molecule has 134 valence electrons. The lowest BCUT2D eigenvalue weighted by Gasteiger charge is -2.00. The van der Waals surface area contributed by atoms with Gasteiger partial charge in [0.15, 0.2) is 0 Å². The number of aromatic nitrogens is 2. The predicted octanol–water partition coefficient (Wildman–Crippen LogP) is 6.19. The van der Waals surface area contributed by atoms with Crippen LogP contribution >= 0.6 is 11.8 Å². The zero-order chi connectivity index (χ0) is 16.6. The molecule has 3 heteroatoms. The molecule has 23 heavy (non-hydrogen) atoms. The van der Waals surface area contributed by atoms with Gasteiger partial charge < -0.3 is 0 Å². The van der Waals surface area contributed by atoms with Crippen LogP contribution in [0, 0.1) is 0 Å². The second-order valence-electron chi connectivity index (χ2n) is 6.74. The SMILES string of the molecule is CCCCCCCCSC[n+]1ccn(CCCCCCCC)c1. The highest BCUT2D eigenvalue weighted by Crippen LogP contribution is 2.10. The molecule has 0 saturated carbocycles. The Balaban J connectivity index is 1.96. The molecule has 0 bridgehead atoms. The Bertz CT molecular complexity index is 362. The molecule has 0 amide bonds. The standard InChI is InChI=1S/C20H39N2S/c1-3-5-7-9-11-13-15-21-16-17-22(19-21)20-23-18-14-12-10-8-6-4-2/h16-17,19H,3-15,18,20H2,1-2H3/q+1. The average Bonchev–Trinajstić information content (AvgIpc) is 3.01. The molecule has 0 N–H and O–H groups in total. The van der Waals surface area contributed by atoms with E-state index in [2.05, 4.69) is 53.5 Å². The number of nitrogens with zero attached hydrogens (tertiary/aromatic N) is 2. The highest BCUT2D eigenvalue weighted by atomic mass is 32.2. The maximum absolute atomic E-state index is 2.35. The molecule has 0 aliphatic carbocycles. The zero-order valence-electron chi connectivity index (χ0n) is 15.6. The van der Waals surface area contributed by atoms with Gasteiger partial charge in [-0.15, -0.1) is 11.8 Å². The molecule has 2 nitrogen and oxygen atoms in total. The van der Waals surface area contributed by atoms with E-state index in [1.54, 1.807) is 0 Å². The first kappa shape index (κ1) is 20.6. The van der Waals surface area contributed by atoms with Crippen LogP contribution in [0.15, 0.2) is 18.7 Å². The van der Waals surface area contributed by atoms with Crippen LogP contribution in [0.1, 0.15) is 90.9 Å². The molecule has 1 heterocycles. The van der Waals surface area contributed by atoms with Crippen molar-refractivity contribution in [2.75, 3.05) is 5.75 Å². The summed E-state index contributed by atoms with van der Waals surface area (Å²) < 4.78 is 4.68. The molecule has 0 aliphatic rings. The van der Waals surface area contributed by atoms with Crippen LogP contribution in [0.5, 0.6) is 0 Å². The van der Waals surface area contributed by atoms with Crippen molar-refractivity contribution in [1.29, 1.82) is 0 Å². The van der Waals surface area contributed by atoms with Gasteiger partial charge >= 0.3 is 0 Å². The lowest BCUT2D eigenvalue weighted by atomic mass is 10.1. The maximum Gasteiger partial charge on any atom is 0.244 e. The Hall–Kier alpha value is -0.440. The van der Waals surface area contributed by atoms with E-state index in [-0.39, 0.29) is 0 Å². The van der Waals surface area contributed by atoms with Crippen molar-refractivity contribution in [3.05, 3.63) is 18.7 Å². The molecule has 0 aliphatic heterocycles. The summed E-state index contributed by atoms with van der Waals surface area (Å²) in [6.45, 7) is 5.75. The molecule has 0 spiro atoms. The van der Waals surface area contributed by atoms with E-state index in [9.17, 15) is 0 Å². The van der Waals surface area contributed by atoms with Crippen LogP contribution in [0.25, 0.3) is 0 Å². The van der Waals surface area contributed by atoms with Crippen molar-refractivity contribution in [2.45, 2.75) is 103 Å². The number of unbranched alkanes of at least 4 members (excludes halogenated alkanes) is 10. The van der Waals surface area contributed by atoms with E-state index in [4.69, 9.17) is 0 Å². The van der Waals surface area contributed by atoms with Gasteiger partial charge in [-0.3, -0.25) is 0 Å². The minimum atomic E-state index is 1.11. The summed E-state index contributed by atoms with van der Waals surface area (Å²) in [7, 11) is 0. The van der Waals surface area contributed by atoms with Crippen LogP contribution in [0.3, 0.4) is 0 Å². The number of hydrogen-bond donors (Lipinski definition) is 0. The Morgan fingerprint density at radius 2 is 1.39 bits per heavy atom. The minimum Gasteiger partial charge on any atom is -0.237 e. The topological polar surface area (TPSA) is 8.81 Å². The maximum atomic E-state index is 2.35. The number of aryl methyl sites for hydroxylation is 1. The number of hydrogen-bond acceptors (Lipinski definition) is 1. The van der Waals surface area contributed by atoms with Crippen molar-refractivity contribution >= 4 is 11.8 Å². The summed E-state index contributed by atoms with van der Waals surface area (Å²) in [5.74, 6) is 2.42. The number of imidazole rings is 1. The van der Waals surface area contributed by atoms with E-state index in [0.717, 1.165) is 5.88 Å². The van der Waals surface area contributed by atoms with Gasteiger partial charge in [0.25, 0.3) is 0 Å². The lowest BCUT2D eigenvalue weighted by Crippen LogP contribution is -2.29. The fourth-order valence-electron chi connectivity index (χ4n) is 2.88. The van der Waals surface area contributed by atoms with Gasteiger partial charge in [-0.25, -0.2) is 9.13 Å². The van der Waals surface area contributed by atoms with Gasteiger partial charge in [0.1, 0.15) is 18.3 Å². The number of thioether (sulfide) groups is 1. The van der Waals surface area contributed by atoms with Gasteiger partial charge in [0.2, 0.25) is 6.33 Å². The monoisotopic (exact) mass is 339 g/mol. The predicted molar refractivity (Wildman–Crippen MR) is 104 cm³/mol. The van der Waals surface area contributed by atoms with Gasteiger partial charge in [-0.05, 0) is 25.0 Å². The first-order chi connectivity index (χ1) is 11.4. The Morgan fingerprint density at radius 3 is 2.09 bits per heavy atom. The van der Waals surface area contributed by atoms with Crippen molar-refractivity contribution in [3.63, 3.8) is 0 Å². The van der Waals surface area contributed by atoms with E-state index < -0.39 is 0 Å². The van der Waals surface area contributed by atoms with Crippen molar-refractivity contribution in [1.82, 2.24) is 4.57 Å². The van der Waals surface area contributed by atoms with Crippen molar-refractivity contribution in [2.24, 2.45) is 0 Å².